The number of nitrogens with one attached hydrogen (secondary N) is 1. The van der Waals surface area contributed by atoms with Crippen molar-refractivity contribution in [2.75, 3.05) is 31.5 Å². The molecule has 2 unspecified atom stereocenters. The first-order valence-electron chi connectivity index (χ1n) is 5.84. The summed E-state index contributed by atoms with van der Waals surface area (Å²) in [6.07, 6.45) is 3.27. The third-order valence-electron chi connectivity index (χ3n) is 3.39. The van der Waals surface area contributed by atoms with Crippen molar-refractivity contribution in [2.45, 2.75) is 19.3 Å². The van der Waals surface area contributed by atoms with Gasteiger partial charge in [-0.1, -0.05) is 15.9 Å². The molecule has 4 heteroatoms. The molecule has 2 saturated heterocycles. The Morgan fingerprint density at radius 3 is 2.93 bits per heavy atom. The number of nitrogens with zero attached hydrogens (tertiary/aromatic N) is 1. The van der Waals surface area contributed by atoms with E-state index in [4.69, 9.17) is 0 Å². The molecular formula is C11H19BrN2O. The van der Waals surface area contributed by atoms with Gasteiger partial charge in [0, 0.05) is 24.8 Å². The largest absolute Gasteiger partial charge is 0.342 e. The van der Waals surface area contributed by atoms with Gasteiger partial charge < -0.3 is 10.2 Å². The monoisotopic (exact) mass is 274 g/mol. The van der Waals surface area contributed by atoms with Crippen LogP contribution in [0.1, 0.15) is 19.3 Å². The molecule has 2 aliphatic heterocycles. The molecule has 1 amide bonds. The van der Waals surface area contributed by atoms with Crippen molar-refractivity contribution in [3.63, 3.8) is 0 Å². The Hall–Kier alpha value is -0.0900. The van der Waals surface area contributed by atoms with E-state index in [0.29, 0.717) is 17.7 Å². The summed E-state index contributed by atoms with van der Waals surface area (Å²) in [6, 6.07) is 0. The predicted molar refractivity (Wildman–Crippen MR) is 64.1 cm³/mol. The van der Waals surface area contributed by atoms with E-state index < -0.39 is 0 Å². The quantitative estimate of drug-likeness (QED) is 0.786. The average Bonchev–Trinajstić information content (AvgIpc) is 2.61. The van der Waals surface area contributed by atoms with E-state index in [0.717, 1.165) is 37.9 Å². The van der Waals surface area contributed by atoms with Crippen molar-refractivity contribution in [2.24, 2.45) is 11.8 Å². The van der Waals surface area contributed by atoms with Crippen LogP contribution < -0.4 is 5.32 Å². The summed E-state index contributed by atoms with van der Waals surface area (Å²) in [5.41, 5.74) is 0. The molecule has 3 nitrogen and oxygen atoms in total. The van der Waals surface area contributed by atoms with Crippen LogP contribution >= 0.6 is 15.9 Å². The van der Waals surface area contributed by atoms with Crippen LogP contribution in [0.2, 0.25) is 0 Å². The molecule has 0 aromatic heterocycles. The van der Waals surface area contributed by atoms with E-state index in [1.54, 1.807) is 0 Å². The molecule has 0 aromatic carbocycles. The number of rotatable bonds is 3. The first kappa shape index (κ1) is 11.4. The number of carbonyl (C=O) groups is 1. The lowest BCUT2D eigenvalue weighted by Crippen LogP contribution is -2.39. The van der Waals surface area contributed by atoms with Crippen molar-refractivity contribution in [3.05, 3.63) is 0 Å². The molecule has 0 bridgehead atoms. The summed E-state index contributed by atoms with van der Waals surface area (Å²) in [7, 11) is 0. The Morgan fingerprint density at radius 1 is 1.47 bits per heavy atom. The molecule has 2 aliphatic rings. The number of piperidine rings is 1. The highest BCUT2D eigenvalue weighted by Crippen LogP contribution is 2.22. The summed E-state index contributed by atoms with van der Waals surface area (Å²) in [6.45, 7) is 4.16. The second-order valence-electron chi connectivity index (χ2n) is 4.74. The maximum atomic E-state index is 11.7. The lowest BCUT2D eigenvalue weighted by molar-refractivity contribution is -0.128. The summed E-state index contributed by atoms with van der Waals surface area (Å²) in [4.78, 5) is 13.8. The Labute approximate surface area is 99.7 Å². The summed E-state index contributed by atoms with van der Waals surface area (Å²) in [5.74, 6) is 1.57. The predicted octanol–water partition coefficient (Wildman–Crippen LogP) is 1.23. The summed E-state index contributed by atoms with van der Waals surface area (Å²) >= 11 is 3.47. The number of halogens is 1. The van der Waals surface area contributed by atoms with Crippen molar-refractivity contribution in [3.8, 4) is 0 Å². The zero-order valence-corrected chi connectivity index (χ0v) is 10.6. The van der Waals surface area contributed by atoms with Crippen molar-refractivity contribution in [1.82, 2.24) is 10.2 Å². The lowest BCUT2D eigenvalue weighted by atomic mass is 9.99. The molecule has 2 heterocycles. The molecule has 0 radical (unpaired) electrons. The molecule has 1 N–H and O–H groups in total. The van der Waals surface area contributed by atoms with Crippen LogP contribution in [0.25, 0.3) is 0 Å². The van der Waals surface area contributed by atoms with Gasteiger partial charge in [-0.3, -0.25) is 4.79 Å². The minimum Gasteiger partial charge on any atom is -0.342 e. The van der Waals surface area contributed by atoms with Crippen LogP contribution in [-0.2, 0) is 4.79 Å². The van der Waals surface area contributed by atoms with Crippen LogP contribution in [0.5, 0.6) is 0 Å². The number of hydrogen-bond donors (Lipinski definition) is 1. The van der Waals surface area contributed by atoms with Crippen LogP contribution in [-0.4, -0.2) is 42.3 Å². The van der Waals surface area contributed by atoms with Gasteiger partial charge in [0.25, 0.3) is 0 Å². The van der Waals surface area contributed by atoms with Crippen LogP contribution in [0.15, 0.2) is 0 Å². The maximum Gasteiger partial charge on any atom is 0.222 e. The fraction of sp³-hybridized carbons (Fsp3) is 0.909. The van der Waals surface area contributed by atoms with E-state index in [-0.39, 0.29) is 0 Å². The number of likely N-dealkylation sites (tertiary alicyclic amines) is 1. The molecule has 0 aromatic rings. The molecule has 0 spiro atoms. The number of alkyl halides is 1. The fourth-order valence-corrected chi connectivity index (χ4v) is 2.96. The molecule has 2 fully saturated rings. The van der Waals surface area contributed by atoms with E-state index >= 15 is 0 Å². The molecule has 0 saturated carbocycles. The van der Waals surface area contributed by atoms with Crippen molar-refractivity contribution in [1.29, 1.82) is 0 Å². The van der Waals surface area contributed by atoms with Gasteiger partial charge in [-0.15, -0.1) is 0 Å². The maximum absolute atomic E-state index is 11.7. The molecule has 86 valence electrons. The van der Waals surface area contributed by atoms with E-state index in [2.05, 4.69) is 26.1 Å². The van der Waals surface area contributed by atoms with Crippen molar-refractivity contribution < 1.29 is 4.79 Å². The first-order chi connectivity index (χ1) is 7.29. The smallest absolute Gasteiger partial charge is 0.222 e. The highest BCUT2D eigenvalue weighted by molar-refractivity contribution is 9.09. The topological polar surface area (TPSA) is 32.3 Å². The Balaban J connectivity index is 1.81. The average molecular weight is 275 g/mol. The normalized spacial score (nSPS) is 32.3. The van der Waals surface area contributed by atoms with E-state index in [1.165, 1.54) is 12.8 Å². The van der Waals surface area contributed by atoms with Gasteiger partial charge in [-0.05, 0) is 37.8 Å². The SMILES string of the molecule is O=C1CC(CBr)CN1CC1CCCNC1. The van der Waals surface area contributed by atoms with E-state index in [1.807, 2.05) is 0 Å². The third-order valence-corrected chi connectivity index (χ3v) is 4.31. The zero-order chi connectivity index (χ0) is 10.7. The highest BCUT2D eigenvalue weighted by Gasteiger charge is 2.30. The minimum absolute atomic E-state index is 0.352. The van der Waals surface area contributed by atoms with Crippen LogP contribution in [0, 0.1) is 11.8 Å². The Bertz CT molecular complexity index is 229. The number of amides is 1. The molecule has 15 heavy (non-hydrogen) atoms. The van der Waals surface area contributed by atoms with Crippen molar-refractivity contribution >= 4 is 21.8 Å². The van der Waals surface area contributed by atoms with E-state index in [9.17, 15) is 4.79 Å². The standard InChI is InChI=1S/C11H19BrN2O/c12-5-10-4-11(15)14(8-10)7-9-2-1-3-13-6-9/h9-10,13H,1-8H2. The lowest BCUT2D eigenvalue weighted by Gasteiger charge is -2.27. The fourth-order valence-electron chi connectivity index (χ4n) is 2.53. The Kier molecular flexibility index (Phi) is 4.03. The molecular weight excluding hydrogens is 256 g/mol. The number of carbonyl (C=O) groups excluding carboxylic acids is 1. The van der Waals surface area contributed by atoms with Crippen LogP contribution in [0.4, 0.5) is 0 Å². The third kappa shape index (κ3) is 2.94. The Morgan fingerprint density at radius 2 is 2.33 bits per heavy atom. The molecule has 2 atom stereocenters. The zero-order valence-electron chi connectivity index (χ0n) is 9.04. The summed E-state index contributed by atoms with van der Waals surface area (Å²) < 4.78 is 0. The number of hydrogen-bond acceptors (Lipinski definition) is 2. The van der Waals surface area contributed by atoms with Gasteiger partial charge in [-0.25, -0.2) is 0 Å². The highest BCUT2D eigenvalue weighted by atomic mass is 79.9. The van der Waals surface area contributed by atoms with Gasteiger partial charge >= 0.3 is 0 Å². The van der Waals surface area contributed by atoms with Crippen LogP contribution in [0.3, 0.4) is 0 Å². The minimum atomic E-state index is 0.352. The van der Waals surface area contributed by atoms with Gasteiger partial charge in [0.05, 0.1) is 0 Å². The van der Waals surface area contributed by atoms with Gasteiger partial charge in [0.15, 0.2) is 0 Å². The van der Waals surface area contributed by atoms with Gasteiger partial charge in [-0.2, -0.15) is 0 Å². The molecule has 0 aliphatic carbocycles. The van der Waals surface area contributed by atoms with Gasteiger partial charge in [0.2, 0.25) is 5.91 Å². The second-order valence-corrected chi connectivity index (χ2v) is 5.38. The second kappa shape index (κ2) is 5.30. The summed E-state index contributed by atoms with van der Waals surface area (Å²) in [5, 5.41) is 4.36. The first-order valence-corrected chi connectivity index (χ1v) is 6.96. The molecule has 2 rings (SSSR count). The van der Waals surface area contributed by atoms with Gasteiger partial charge in [0.1, 0.15) is 0 Å².